The summed E-state index contributed by atoms with van der Waals surface area (Å²) in [5, 5.41) is 11.6. The number of fused-ring (bicyclic) bond motifs is 3. The molecule has 3 N–H and O–H groups in total. The molecule has 1 aliphatic carbocycles. The molecular formula is C24H24N4O5. The van der Waals surface area contributed by atoms with Gasteiger partial charge in [-0.3, -0.25) is 9.59 Å². The number of rotatable bonds is 8. The summed E-state index contributed by atoms with van der Waals surface area (Å²) in [7, 11) is 1.37. The van der Waals surface area contributed by atoms with Crippen LogP contribution in [0.4, 0.5) is 4.79 Å². The van der Waals surface area contributed by atoms with Crippen LogP contribution in [0.2, 0.25) is 0 Å². The molecule has 9 nitrogen and oxygen atoms in total. The summed E-state index contributed by atoms with van der Waals surface area (Å²) < 4.78 is 5.54. The molecular weight excluding hydrogens is 424 g/mol. The number of H-pyrrole nitrogens is 1. The normalized spacial score (nSPS) is 13.0. The molecule has 1 unspecified atom stereocenters. The Morgan fingerprint density at radius 1 is 1.12 bits per heavy atom. The van der Waals surface area contributed by atoms with Gasteiger partial charge >= 0.3 is 12.1 Å². The summed E-state index contributed by atoms with van der Waals surface area (Å²) in [6, 6.07) is 15.0. The highest BCUT2D eigenvalue weighted by Crippen LogP contribution is 2.44. The Bertz CT molecular complexity index is 1120. The molecule has 4 rings (SSSR count). The van der Waals surface area contributed by atoms with E-state index < -0.39 is 30.6 Å². The van der Waals surface area contributed by atoms with Crippen molar-refractivity contribution in [2.24, 2.45) is 0 Å². The average molecular weight is 448 g/mol. The molecule has 1 atom stereocenters. The lowest BCUT2D eigenvalue weighted by atomic mass is 9.98. The van der Waals surface area contributed by atoms with Crippen molar-refractivity contribution in [1.29, 1.82) is 0 Å². The maximum Gasteiger partial charge on any atom is 0.407 e. The molecule has 0 saturated carbocycles. The standard InChI is InChI=1S/C24H24N4O5/c1-28(12-22(29)30)23(31)21(10-15-11-25-14-26-15)27-24(32)33-13-20-18-8-4-2-6-16(18)17-7-3-5-9-19(17)20/h2-9,11,14,20-21H,10,12-13H2,1H3,(H,25,26)(H,27,32)(H,29,30). The quantitative estimate of drug-likeness (QED) is 0.486. The Morgan fingerprint density at radius 2 is 1.76 bits per heavy atom. The van der Waals surface area contributed by atoms with Gasteiger partial charge in [-0.15, -0.1) is 0 Å². The molecule has 170 valence electrons. The van der Waals surface area contributed by atoms with Crippen LogP contribution >= 0.6 is 0 Å². The zero-order valence-electron chi connectivity index (χ0n) is 18.0. The number of hydrogen-bond acceptors (Lipinski definition) is 5. The Morgan fingerprint density at radius 3 is 2.33 bits per heavy atom. The third-order valence-electron chi connectivity index (χ3n) is 5.66. The van der Waals surface area contributed by atoms with Gasteiger partial charge in [0, 0.05) is 31.3 Å². The van der Waals surface area contributed by atoms with E-state index in [1.54, 1.807) is 0 Å². The highest BCUT2D eigenvalue weighted by molar-refractivity contribution is 5.88. The minimum atomic E-state index is -1.15. The number of amides is 2. The van der Waals surface area contributed by atoms with Crippen molar-refractivity contribution in [2.45, 2.75) is 18.4 Å². The second-order valence-corrected chi connectivity index (χ2v) is 7.89. The predicted octanol–water partition coefficient (Wildman–Crippen LogP) is 2.40. The van der Waals surface area contributed by atoms with Crippen molar-refractivity contribution in [1.82, 2.24) is 20.2 Å². The summed E-state index contributed by atoms with van der Waals surface area (Å²) in [5.41, 5.74) is 5.01. The second kappa shape index (κ2) is 9.56. The maximum absolute atomic E-state index is 12.8. The fourth-order valence-electron chi connectivity index (χ4n) is 4.15. The predicted molar refractivity (Wildman–Crippen MR) is 120 cm³/mol. The van der Waals surface area contributed by atoms with Crippen LogP contribution in [0, 0.1) is 0 Å². The number of nitrogens with one attached hydrogen (secondary N) is 2. The number of carbonyl (C=O) groups is 3. The lowest BCUT2D eigenvalue weighted by Crippen LogP contribution is -2.50. The van der Waals surface area contributed by atoms with Gasteiger partial charge in [0.15, 0.2) is 0 Å². The van der Waals surface area contributed by atoms with Crippen LogP contribution in [0.25, 0.3) is 11.1 Å². The summed E-state index contributed by atoms with van der Waals surface area (Å²) in [6.45, 7) is -0.375. The Hall–Kier alpha value is -4.14. The largest absolute Gasteiger partial charge is 0.480 e. The van der Waals surface area contributed by atoms with E-state index in [0.29, 0.717) is 5.69 Å². The van der Waals surface area contributed by atoms with Crippen molar-refractivity contribution < 1.29 is 24.2 Å². The molecule has 33 heavy (non-hydrogen) atoms. The number of aromatic amines is 1. The number of aromatic nitrogens is 2. The zero-order valence-corrected chi connectivity index (χ0v) is 18.0. The SMILES string of the molecule is CN(CC(=O)O)C(=O)C(Cc1cnc[nH]1)NC(=O)OCC1c2ccccc2-c2ccccc21. The first kappa shape index (κ1) is 22.1. The van der Waals surface area contributed by atoms with E-state index >= 15 is 0 Å². The third kappa shape index (κ3) is 4.87. The van der Waals surface area contributed by atoms with E-state index in [9.17, 15) is 14.4 Å². The number of nitrogens with zero attached hydrogens (tertiary/aromatic N) is 2. The van der Waals surface area contributed by atoms with Gasteiger partial charge in [0.2, 0.25) is 5.91 Å². The monoisotopic (exact) mass is 448 g/mol. The van der Waals surface area contributed by atoms with Gasteiger partial charge in [0.05, 0.1) is 6.33 Å². The van der Waals surface area contributed by atoms with Crippen molar-refractivity contribution in [3.8, 4) is 11.1 Å². The fourth-order valence-corrected chi connectivity index (χ4v) is 4.15. The number of carboxylic acid groups (broad SMARTS) is 1. The molecule has 2 aromatic carbocycles. The first-order valence-corrected chi connectivity index (χ1v) is 10.5. The number of benzene rings is 2. The molecule has 0 fully saturated rings. The van der Waals surface area contributed by atoms with Gasteiger partial charge in [0.1, 0.15) is 19.2 Å². The van der Waals surface area contributed by atoms with Crippen molar-refractivity contribution in [3.63, 3.8) is 0 Å². The topological polar surface area (TPSA) is 125 Å². The molecule has 9 heteroatoms. The molecule has 0 bridgehead atoms. The number of ether oxygens (including phenoxy) is 1. The summed E-state index contributed by atoms with van der Waals surface area (Å²) in [5.74, 6) is -1.80. The van der Waals surface area contributed by atoms with Crippen LogP contribution < -0.4 is 5.32 Å². The van der Waals surface area contributed by atoms with Gasteiger partial charge in [-0.25, -0.2) is 9.78 Å². The lowest BCUT2D eigenvalue weighted by Gasteiger charge is -2.23. The highest BCUT2D eigenvalue weighted by Gasteiger charge is 2.30. The van der Waals surface area contributed by atoms with Gasteiger partial charge < -0.3 is 25.0 Å². The number of hydrogen-bond donors (Lipinski definition) is 3. The van der Waals surface area contributed by atoms with E-state index in [0.717, 1.165) is 27.2 Å². The Balaban J connectivity index is 1.45. The maximum atomic E-state index is 12.8. The van der Waals surface area contributed by atoms with Crippen molar-refractivity contribution in [3.05, 3.63) is 77.9 Å². The fraction of sp³-hybridized carbons (Fsp3) is 0.250. The molecule has 1 aromatic heterocycles. The zero-order chi connectivity index (χ0) is 23.4. The van der Waals surface area contributed by atoms with Crippen molar-refractivity contribution >= 4 is 18.0 Å². The average Bonchev–Trinajstić information content (AvgIpc) is 3.42. The van der Waals surface area contributed by atoms with E-state index in [1.165, 1.54) is 19.6 Å². The first-order valence-electron chi connectivity index (χ1n) is 10.5. The summed E-state index contributed by atoms with van der Waals surface area (Å²) >= 11 is 0. The van der Waals surface area contributed by atoms with Crippen LogP contribution in [-0.4, -0.2) is 64.2 Å². The van der Waals surface area contributed by atoms with Gasteiger partial charge in [-0.2, -0.15) is 0 Å². The molecule has 3 aromatic rings. The van der Waals surface area contributed by atoms with E-state index in [1.807, 2.05) is 48.5 Å². The van der Waals surface area contributed by atoms with Crippen LogP contribution in [0.5, 0.6) is 0 Å². The molecule has 0 radical (unpaired) electrons. The van der Waals surface area contributed by atoms with Crippen LogP contribution in [-0.2, 0) is 20.7 Å². The van der Waals surface area contributed by atoms with Gasteiger partial charge in [-0.1, -0.05) is 48.5 Å². The van der Waals surface area contributed by atoms with Crippen LogP contribution in [0.3, 0.4) is 0 Å². The number of aliphatic carboxylic acids is 1. The van der Waals surface area contributed by atoms with Crippen LogP contribution in [0.1, 0.15) is 22.7 Å². The minimum Gasteiger partial charge on any atom is -0.480 e. The number of carboxylic acids is 1. The number of imidazole rings is 1. The highest BCUT2D eigenvalue weighted by atomic mass is 16.5. The summed E-state index contributed by atoms with van der Waals surface area (Å²) in [6.07, 6.45) is 2.37. The minimum absolute atomic E-state index is 0.107. The number of alkyl carbamates (subject to hydrolysis) is 1. The van der Waals surface area contributed by atoms with Gasteiger partial charge in [-0.05, 0) is 22.3 Å². The second-order valence-electron chi connectivity index (χ2n) is 7.89. The molecule has 1 aliphatic rings. The van der Waals surface area contributed by atoms with Crippen LogP contribution in [0.15, 0.2) is 61.1 Å². The molecule has 1 heterocycles. The third-order valence-corrected chi connectivity index (χ3v) is 5.66. The molecule has 2 amide bonds. The van der Waals surface area contributed by atoms with E-state index in [2.05, 4.69) is 15.3 Å². The molecule has 0 saturated heterocycles. The first-order chi connectivity index (χ1) is 15.9. The van der Waals surface area contributed by atoms with E-state index in [4.69, 9.17) is 9.84 Å². The number of carbonyl (C=O) groups excluding carboxylic acids is 2. The van der Waals surface area contributed by atoms with E-state index in [-0.39, 0.29) is 18.9 Å². The van der Waals surface area contributed by atoms with Gasteiger partial charge in [0.25, 0.3) is 0 Å². The molecule has 0 spiro atoms. The summed E-state index contributed by atoms with van der Waals surface area (Å²) in [4.78, 5) is 44.3. The lowest BCUT2D eigenvalue weighted by molar-refractivity contribution is -0.144. The number of likely N-dealkylation sites (N-methyl/N-ethyl adjacent to an activating group) is 1. The smallest absolute Gasteiger partial charge is 0.407 e. The Kier molecular flexibility index (Phi) is 6.39. The van der Waals surface area contributed by atoms with Crippen molar-refractivity contribution in [2.75, 3.05) is 20.2 Å². The molecule has 0 aliphatic heterocycles. The Labute approximate surface area is 190 Å².